The third-order valence-corrected chi connectivity index (χ3v) is 3.85. The van der Waals surface area contributed by atoms with Gasteiger partial charge < -0.3 is 4.74 Å². The molecule has 0 bridgehead atoms. The average Bonchev–Trinajstić information content (AvgIpc) is 2.49. The van der Waals surface area contributed by atoms with Crippen molar-refractivity contribution in [1.82, 2.24) is 0 Å². The minimum absolute atomic E-state index is 0.525. The zero-order valence-corrected chi connectivity index (χ0v) is 13.9. The van der Waals surface area contributed by atoms with Crippen LogP contribution in [0.2, 0.25) is 0 Å². The summed E-state index contributed by atoms with van der Waals surface area (Å²) in [5.74, 6) is 1.59. The van der Waals surface area contributed by atoms with Gasteiger partial charge in [0, 0.05) is 0 Å². The zero-order chi connectivity index (χ0) is 15.3. The van der Waals surface area contributed by atoms with Crippen LogP contribution in [0.3, 0.4) is 0 Å². The Kier molecular flexibility index (Phi) is 9.69. The molecule has 0 aliphatic rings. The summed E-state index contributed by atoms with van der Waals surface area (Å²) in [4.78, 5) is 0. The third-order valence-electron chi connectivity index (χ3n) is 3.85. The summed E-state index contributed by atoms with van der Waals surface area (Å²) in [5, 5.41) is 0. The second-order valence-corrected chi connectivity index (χ2v) is 6.09. The molecule has 0 saturated carbocycles. The molecule has 1 heteroatoms. The van der Waals surface area contributed by atoms with E-state index in [1.165, 1.54) is 56.9 Å². The molecular weight excluding hydrogens is 256 g/mol. The number of hydrogen-bond donors (Lipinski definition) is 0. The van der Waals surface area contributed by atoms with Crippen molar-refractivity contribution in [1.29, 1.82) is 0 Å². The lowest BCUT2D eigenvalue weighted by Gasteiger charge is -2.13. The van der Waals surface area contributed by atoms with Crippen LogP contribution in [-0.2, 0) is 0 Å². The maximum Gasteiger partial charge on any atom is 0.122 e. The van der Waals surface area contributed by atoms with Gasteiger partial charge >= 0.3 is 0 Å². The van der Waals surface area contributed by atoms with E-state index in [4.69, 9.17) is 4.74 Å². The number of para-hydroxylation sites is 1. The molecule has 1 aromatic rings. The molecule has 1 aromatic carbocycles. The topological polar surface area (TPSA) is 9.23 Å². The van der Waals surface area contributed by atoms with Gasteiger partial charge in [-0.25, -0.2) is 0 Å². The first-order valence-corrected chi connectivity index (χ1v) is 8.58. The molecule has 0 amide bonds. The van der Waals surface area contributed by atoms with E-state index in [2.05, 4.69) is 44.7 Å². The van der Waals surface area contributed by atoms with Crippen LogP contribution in [0.1, 0.15) is 76.7 Å². The van der Waals surface area contributed by atoms with Crippen LogP contribution < -0.4 is 4.74 Å². The Bertz CT molecular complexity index is 381. The number of benzene rings is 1. The molecule has 0 unspecified atom stereocenters. The maximum atomic E-state index is 5.95. The van der Waals surface area contributed by atoms with Crippen molar-refractivity contribution in [3.63, 3.8) is 0 Å². The first-order chi connectivity index (χ1) is 10.3. The van der Waals surface area contributed by atoms with Crippen LogP contribution in [-0.4, -0.2) is 6.61 Å². The van der Waals surface area contributed by atoms with Gasteiger partial charge in [0.05, 0.1) is 6.61 Å². The Morgan fingerprint density at radius 3 is 2.24 bits per heavy atom. The Morgan fingerprint density at radius 1 is 0.952 bits per heavy atom. The fourth-order valence-electron chi connectivity index (χ4n) is 2.55. The van der Waals surface area contributed by atoms with E-state index >= 15 is 0 Å². The van der Waals surface area contributed by atoms with E-state index in [1.807, 2.05) is 6.08 Å². The highest BCUT2D eigenvalue weighted by atomic mass is 16.5. The second kappa shape index (κ2) is 11.4. The Hall–Kier alpha value is -1.24. The molecule has 0 N–H and O–H groups in total. The first kappa shape index (κ1) is 17.8. The van der Waals surface area contributed by atoms with Crippen molar-refractivity contribution in [3.8, 4) is 5.75 Å². The minimum Gasteiger partial charge on any atom is -0.493 e. The van der Waals surface area contributed by atoms with Crippen molar-refractivity contribution in [2.45, 2.75) is 71.1 Å². The summed E-state index contributed by atoms with van der Waals surface area (Å²) < 4.78 is 5.95. The van der Waals surface area contributed by atoms with Gasteiger partial charge in [-0.1, -0.05) is 70.2 Å². The molecule has 0 aliphatic carbocycles. The summed E-state index contributed by atoms with van der Waals surface area (Å²) >= 11 is 0. The standard InChI is InChI=1S/C20H32O/c1-4-5-6-7-8-9-10-11-14-17-21-20-16-13-12-15-19(20)18(2)3/h4,12-13,15-16,18H,1,5-11,14,17H2,2-3H3. The van der Waals surface area contributed by atoms with E-state index in [-0.39, 0.29) is 0 Å². The monoisotopic (exact) mass is 288 g/mol. The number of hydrogen-bond acceptors (Lipinski definition) is 1. The smallest absolute Gasteiger partial charge is 0.122 e. The normalized spacial score (nSPS) is 10.8. The molecule has 1 rings (SSSR count). The predicted molar refractivity (Wildman–Crippen MR) is 93.2 cm³/mol. The van der Waals surface area contributed by atoms with Crippen LogP contribution in [0, 0.1) is 0 Å². The van der Waals surface area contributed by atoms with Gasteiger partial charge in [0.15, 0.2) is 0 Å². The summed E-state index contributed by atoms with van der Waals surface area (Å²) in [6.45, 7) is 9.04. The van der Waals surface area contributed by atoms with Gasteiger partial charge in [0.2, 0.25) is 0 Å². The first-order valence-electron chi connectivity index (χ1n) is 8.58. The second-order valence-electron chi connectivity index (χ2n) is 6.09. The predicted octanol–water partition coefficient (Wildman–Crippen LogP) is 6.50. The van der Waals surface area contributed by atoms with E-state index in [0.717, 1.165) is 12.4 Å². The van der Waals surface area contributed by atoms with E-state index in [0.29, 0.717) is 5.92 Å². The highest BCUT2D eigenvalue weighted by Crippen LogP contribution is 2.26. The highest BCUT2D eigenvalue weighted by Gasteiger charge is 2.06. The fourth-order valence-corrected chi connectivity index (χ4v) is 2.55. The van der Waals surface area contributed by atoms with Gasteiger partial charge in [0.1, 0.15) is 5.75 Å². The minimum atomic E-state index is 0.525. The summed E-state index contributed by atoms with van der Waals surface area (Å²) in [5.41, 5.74) is 1.32. The van der Waals surface area contributed by atoms with E-state index in [9.17, 15) is 0 Å². The van der Waals surface area contributed by atoms with Crippen molar-refractivity contribution < 1.29 is 4.74 Å². The molecule has 0 radical (unpaired) electrons. The number of unbranched alkanes of at least 4 members (excludes halogenated alkanes) is 7. The third kappa shape index (κ3) is 7.94. The van der Waals surface area contributed by atoms with Crippen LogP contribution in [0.25, 0.3) is 0 Å². The Morgan fingerprint density at radius 2 is 1.57 bits per heavy atom. The maximum absolute atomic E-state index is 5.95. The van der Waals surface area contributed by atoms with Crippen LogP contribution in [0.15, 0.2) is 36.9 Å². The van der Waals surface area contributed by atoms with Gasteiger partial charge in [-0.15, -0.1) is 6.58 Å². The lowest BCUT2D eigenvalue weighted by molar-refractivity contribution is 0.300. The van der Waals surface area contributed by atoms with Crippen molar-refractivity contribution in [2.24, 2.45) is 0 Å². The van der Waals surface area contributed by atoms with Crippen molar-refractivity contribution >= 4 is 0 Å². The van der Waals surface area contributed by atoms with Crippen LogP contribution >= 0.6 is 0 Å². The molecule has 0 spiro atoms. The van der Waals surface area contributed by atoms with Crippen LogP contribution in [0.5, 0.6) is 5.75 Å². The molecule has 21 heavy (non-hydrogen) atoms. The van der Waals surface area contributed by atoms with Crippen molar-refractivity contribution in [2.75, 3.05) is 6.61 Å². The highest BCUT2D eigenvalue weighted by molar-refractivity contribution is 5.35. The number of rotatable bonds is 12. The van der Waals surface area contributed by atoms with Gasteiger partial charge in [-0.2, -0.15) is 0 Å². The Labute approximate surface area is 131 Å². The molecule has 118 valence electrons. The van der Waals surface area contributed by atoms with Crippen LogP contribution in [0.4, 0.5) is 0 Å². The molecule has 1 nitrogen and oxygen atoms in total. The average molecular weight is 288 g/mol. The van der Waals surface area contributed by atoms with Crippen molar-refractivity contribution in [3.05, 3.63) is 42.5 Å². The summed E-state index contributed by atoms with van der Waals surface area (Å²) in [6, 6.07) is 8.41. The molecule has 0 atom stereocenters. The molecule has 0 aromatic heterocycles. The molecule has 0 aliphatic heterocycles. The molecular formula is C20H32O. The lowest BCUT2D eigenvalue weighted by atomic mass is 10.0. The summed E-state index contributed by atoms with van der Waals surface area (Å²) in [7, 11) is 0. The largest absolute Gasteiger partial charge is 0.493 e. The number of allylic oxidation sites excluding steroid dienone is 1. The number of ether oxygens (including phenoxy) is 1. The zero-order valence-electron chi connectivity index (χ0n) is 13.9. The fraction of sp³-hybridized carbons (Fsp3) is 0.600. The quantitative estimate of drug-likeness (QED) is 0.315. The Balaban J connectivity index is 2.05. The summed E-state index contributed by atoms with van der Waals surface area (Å²) in [6.07, 6.45) is 12.4. The SMILES string of the molecule is C=CCCCCCCCCCOc1ccccc1C(C)C. The lowest BCUT2D eigenvalue weighted by Crippen LogP contribution is -2.01. The van der Waals surface area contributed by atoms with Gasteiger partial charge in [0.25, 0.3) is 0 Å². The molecule has 0 fully saturated rings. The van der Waals surface area contributed by atoms with Gasteiger partial charge in [-0.3, -0.25) is 0 Å². The van der Waals surface area contributed by atoms with E-state index in [1.54, 1.807) is 0 Å². The van der Waals surface area contributed by atoms with E-state index < -0.39 is 0 Å². The molecule has 0 heterocycles. The van der Waals surface area contributed by atoms with Gasteiger partial charge in [-0.05, 0) is 36.8 Å². The molecule has 0 saturated heterocycles.